The maximum Gasteiger partial charge on any atom is 0.425 e. The van der Waals surface area contributed by atoms with Crippen molar-refractivity contribution in [2.24, 2.45) is 0 Å². The third-order valence-corrected chi connectivity index (χ3v) is 5.09. The molecule has 4 aromatic rings. The van der Waals surface area contributed by atoms with E-state index in [-0.39, 0.29) is 28.6 Å². The van der Waals surface area contributed by atoms with Gasteiger partial charge in [-0.3, -0.25) is 0 Å². The van der Waals surface area contributed by atoms with Crippen LogP contribution in [0, 0.1) is 11.6 Å². The van der Waals surface area contributed by atoms with Crippen molar-refractivity contribution in [2.75, 3.05) is 5.32 Å². The summed E-state index contributed by atoms with van der Waals surface area (Å²) in [5, 5.41) is 2.78. The van der Waals surface area contributed by atoms with Gasteiger partial charge in [-0.05, 0) is 19.9 Å². The number of rotatable bonds is 6. The molecule has 0 bridgehead atoms. The first-order valence-corrected chi connectivity index (χ1v) is 10.3. The summed E-state index contributed by atoms with van der Waals surface area (Å²) in [7, 11) is 0. The monoisotopic (exact) mass is 510 g/mol. The van der Waals surface area contributed by atoms with Crippen molar-refractivity contribution in [3.63, 3.8) is 0 Å². The first-order valence-electron chi connectivity index (χ1n) is 10.3. The Morgan fingerprint density at radius 1 is 1.06 bits per heavy atom. The van der Waals surface area contributed by atoms with Crippen LogP contribution in [0.2, 0.25) is 0 Å². The Labute approximate surface area is 198 Å². The fourth-order valence-electron chi connectivity index (χ4n) is 3.32. The largest absolute Gasteiger partial charge is 0.425 e. The minimum absolute atomic E-state index is 0.0158. The van der Waals surface area contributed by atoms with Crippen molar-refractivity contribution in [3.8, 4) is 16.9 Å². The lowest BCUT2D eigenvalue weighted by Crippen LogP contribution is -2.20. The third kappa shape index (κ3) is 4.78. The Morgan fingerprint density at radius 3 is 2.39 bits per heavy atom. The number of alkyl halides is 4. The molecule has 188 valence electrons. The smallest absolute Gasteiger partial charge is 0.416 e. The molecule has 4 rings (SSSR count). The van der Waals surface area contributed by atoms with Gasteiger partial charge in [0.2, 0.25) is 5.95 Å². The van der Waals surface area contributed by atoms with Crippen molar-refractivity contribution in [3.05, 3.63) is 82.3 Å². The summed E-state index contributed by atoms with van der Waals surface area (Å²) in [6.07, 6.45) is -2.60. The van der Waals surface area contributed by atoms with Gasteiger partial charge in [-0.25, -0.2) is 37.5 Å². The SMILES string of the molecule is C[C@H](F)c1coc(=O)n1-c1nc(N[C@@H](C)c2ncc(-c3cccc(C(F)(F)F)c3F)cn2)ncc1F. The minimum atomic E-state index is -4.86. The molecule has 0 saturated heterocycles. The highest BCUT2D eigenvalue weighted by Crippen LogP contribution is 2.35. The molecule has 1 aromatic carbocycles. The molecule has 0 amide bonds. The number of oxazole rings is 1. The molecule has 0 aliphatic carbocycles. The molecular formula is C22H16F6N6O2. The lowest BCUT2D eigenvalue weighted by Gasteiger charge is -2.15. The predicted octanol–water partition coefficient (Wildman–Crippen LogP) is 5.18. The maximum atomic E-state index is 14.4. The summed E-state index contributed by atoms with van der Waals surface area (Å²) in [5.41, 5.74) is -1.98. The van der Waals surface area contributed by atoms with Crippen molar-refractivity contribution < 1.29 is 30.8 Å². The van der Waals surface area contributed by atoms with Gasteiger partial charge < -0.3 is 9.73 Å². The molecule has 8 nitrogen and oxygen atoms in total. The van der Waals surface area contributed by atoms with Gasteiger partial charge in [0.25, 0.3) is 0 Å². The molecule has 0 fully saturated rings. The molecular weight excluding hydrogens is 494 g/mol. The van der Waals surface area contributed by atoms with Crippen LogP contribution in [-0.4, -0.2) is 24.5 Å². The van der Waals surface area contributed by atoms with Crippen LogP contribution in [0.15, 0.2) is 52.3 Å². The van der Waals surface area contributed by atoms with E-state index in [9.17, 15) is 31.1 Å². The van der Waals surface area contributed by atoms with Crippen LogP contribution in [0.5, 0.6) is 0 Å². The Kier molecular flexibility index (Phi) is 6.52. The predicted molar refractivity (Wildman–Crippen MR) is 114 cm³/mol. The zero-order chi connectivity index (χ0) is 26.2. The van der Waals surface area contributed by atoms with E-state index in [2.05, 4.69) is 29.7 Å². The summed E-state index contributed by atoms with van der Waals surface area (Å²) >= 11 is 0. The van der Waals surface area contributed by atoms with Crippen molar-refractivity contribution in [1.29, 1.82) is 0 Å². The number of halogens is 6. The molecule has 3 heterocycles. The molecule has 14 heteroatoms. The first kappa shape index (κ1) is 24.9. The van der Waals surface area contributed by atoms with E-state index in [4.69, 9.17) is 0 Å². The van der Waals surface area contributed by atoms with Crippen LogP contribution >= 0.6 is 0 Å². The van der Waals surface area contributed by atoms with Gasteiger partial charge in [0.15, 0.2) is 11.6 Å². The van der Waals surface area contributed by atoms with E-state index >= 15 is 0 Å². The Hall–Kier alpha value is -4.23. The van der Waals surface area contributed by atoms with Crippen LogP contribution < -0.4 is 11.1 Å². The number of anilines is 1. The number of hydrogen-bond acceptors (Lipinski definition) is 7. The molecule has 3 aromatic heterocycles. The number of nitrogens with one attached hydrogen (secondary N) is 1. The highest BCUT2D eigenvalue weighted by Gasteiger charge is 2.35. The Bertz CT molecular complexity index is 1450. The second-order valence-electron chi connectivity index (χ2n) is 7.60. The van der Waals surface area contributed by atoms with Crippen LogP contribution in [0.25, 0.3) is 16.9 Å². The van der Waals surface area contributed by atoms with Gasteiger partial charge in [-0.1, -0.05) is 12.1 Å². The fraction of sp³-hybridized carbons (Fsp3) is 0.227. The number of nitrogens with zero attached hydrogens (tertiary/aromatic N) is 5. The average Bonchev–Trinajstić information content (AvgIpc) is 3.21. The molecule has 2 atom stereocenters. The molecule has 0 radical (unpaired) electrons. The standard InChI is InChI=1S/C22H16F6N6O2/c1-10(23)16-9-36-21(35)34(16)19-15(24)8-31-20(33-19)32-11(2)18-29-6-12(7-30-18)13-4-3-5-14(17(13)25)22(26,27)28/h3-11H,1-2H3,(H,31,32,33)/t10-,11-/m0/s1. The Morgan fingerprint density at radius 2 is 1.75 bits per heavy atom. The summed E-state index contributed by atoms with van der Waals surface area (Å²) in [6.45, 7) is 2.71. The minimum Gasteiger partial charge on any atom is -0.416 e. The van der Waals surface area contributed by atoms with Crippen LogP contribution in [-0.2, 0) is 6.18 Å². The van der Waals surface area contributed by atoms with Gasteiger partial charge in [0, 0.05) is 23.5 Å². The first-order chi connectivity index (χ1) is 17.0. The van der Waals surface area contributed by atoms with Crippen molar-refractivity contribution in [2.45, 2.75) is 32.2 Å². The number of hydrogen-bond donors (Lipinski definition) is 1. The quantitative estimate of drug-likeness (QED) is 0.357. The summed E-state index contributed by atoms with van der Waals surface area (Å²) in [5.74, 6) is -4.10. The van der Waals surface area contributed by atoms with Gasteiger partial charge in [0.05, 0.1) is 17.8 Å². The molecule has 1 N–H and O–H groups in total. The maximum absolute atomic E-state index is 14.4. The van der Waals surface area contributed by atoms with Crippen LogP contribution in [0.1, 0.15) is 43.1 Å². The van der Waals surface area contributed by atoms with Gasteiger partial charge >= 0.3 is 11.9 Å². The Balaban J connectivity index is 1.59. The number of aromatic nitrogens is 5. The third-order valence-electron chi connectivity index (χ3n) is 5.09. The second kappa shape index (κ2) is 9.43. The summed E-state index contributed by atoms with van der Waals surface area (Å²) in [4.78, 5) is 27.8. The summed E-state index contributed by atoms with van der Waals surface area (Å²) in [6, 6.07) is 2.15. The lowest BCUT2D eigenvalue weighted by molar-refractivity contribution is -0.139. The summed E-state index contributed by atoms with van der Waals surface area (Å²) < 4.78 is 86.8. The van der Waals surface area contributed by atoms with E-state index in [0.29, 0.717) is 10.6 Å². The molecule has 0 aliphatic rings. The zero-order valence-electron chi connectivity index (χ0n) is 18.5. The van der Waals surface area contributed by atoms with E-state index in [1.807, 2.05) is 0 Å². The van der Waals surface area contributed by atoms with Gasteiger partial charge in [-0.2, -0.15) is 18.2 Å². The number of benzene rings is 1. The van der Waals surface area contributed by atoms with E-state index in [0.717, 1.165) is 37.8 Å². The second-order valence-corrected chi connectivity index (χ2v) is 7.60. The molecule has 0 unspecified atom stereocenters. The van der Waals surface area contributed by atoms with E-state index in [1.165, 1.54) is 6.07 Å². The molecule has 36 heavy (non-hydrogen) atoms. The van der Waals surface area contributed by atoms with Crippen LogP contribution in [0.4, 0.5) is 32.3 Å². The van der Waals surface area contributed by atoms with Crippen molar-refractivity contribution >= 4 is 5.95 Å². The highest BCUT2D eigenvalue weighted by atomic mass is 19.4. The van der Waals surface area contributed by atoms with Gasteiger partial charge in [0.1, 0.15) is 29.8 Å². The molecule has 0 saturated carbocycles. The van der Waals surface area contributed by atoms with Gasteiger partial charge in [-0.15, -0.1) is 0 Å². The molecule has 0 spiro atoms. The van der Waals surface area contributed by atoms with Crippen molar-refractivity contribution in [1.82, 2.24) is 24.5 Å². The normalized spacial score (nSPS) is 13.4. The lowest BCUT2D eigenvalue weighted by atomic mass is 10.0. The fourth-order valence-corrected chi connectivity index (χ4v) is 3.32. The topological polar surface area (TPSA) is 98.7 Å². The highest BCUT2D eigenvalue weighted by molar-refractivity contribution is 5.63. The van der Waals surface area contributed by atoms with Crippen LogP contribution in [0.3, 0.4) is 0 Å². The van der Waals surface area contributed by atoms with E-state index in [1.54, 1.807) is 6.92 Å². The zero-order valence-corrected chi connectivity index (χ0v) is 18.5. The average molecular weight is 510 g/mol. The molecule has 0 aliphatic heterocycles. The van der Waals surface area contributed by atoms with E-state index < -0.39 is 47.2 Å².